The number of ketones is 1. The lowest BCUT2D eigenvalue weighted by Gasteiger charge is -2.12. The summed E-state index contributed by atoms with van der Waals surface area (Å²) in [6.07, 6.45) is -0.645. The van der Waals surface area contributed by atoms with Gasteiger partial charge in [0.05, 0.1) is 19.9 Å². The van der Waals surface area contributed by atoms with E-state index in [9.17, 15) is 18.0 Å². The van der Waals surface area contributed by atoms with Crippen molar-refractivity contribution >= 4 is 27.6 Å². The first-order valence-corrected chi connectivity index (χ1v) is 7.10. The number of nitrogens with two attached hydrogens (primary N) is 1. The summed E-state index contributed by atoms with van der Waals surface area (Å²) in [6.45, 7) is 1.14. The second-order valence-electron chi connectivity index (χ2n) is 4.03. The van der Waals surface area contributed by atoms with E-state index < -0.39 is 33.2 Å². The minimum absolute atomic E-state index is 0.0805. The molecule has 0 aliphatic heterocycles. The number of benzene rings is 1. The minimum atomic E-state index is -4.46. The highest BCUT2D eigenvalue weighted by molar-refractivity contribution is 7.87. The maximum atomic E-state index is 12.1. The first-order valence-electron chi connectivity index (χ1n) is 5.69. The van der Waals surface area contributed by atoms with Crippen molar-refractivity contribution in [2.75, 3.05) is 20.0 Å². The Balaban J connectivity index is 3.24. The predicted octanol–water partition coefficient (Wildman–Crippen LogP) is 0.497. The van der Waals surface area contributed by atoms with Gasteiger partial charge in [0.15, 0.2) is 4.90 Å². The highest BCUT2D eigenvalue weighted by Crippen LogP contribution is 2.34. The molecule has 0 atom stereocenters. The molecular formula is C12H15NO7S. The molecule has 0 saturated carbocycles. The van der Waals surface area contributed by atoms with Crippen LogP contribution < -0.4 is 15.2 Å². The van der Waals surface area contributed by atoms with E-state index in [0.29, 0.717) is 0 Å². The summed E-state index contributed by atoms with van der Waals surface area (Å²) in [7, 11) is -1.92. The summed E-state index contributed by atoms with van der Waals surface area (Å²) in [4.78, 5) is 21.7. The van der Waals surface area contributed by atoms with Gasteiger partial charge in [0.1, 0.15) is 23.7 Å². The highest BCUT2D eigenvalue weighted by atomic mass is 32.2. The third-order valence-electron chi connectivity index (χ3n) is 2.38. The Labute approximate surface area is 121 Å². The van der Waals surface area contributed by atoms with Crippen LogP contribution >= 0.6 is 0 Å². The van der Waals surface area contributed by atoms with Crippen LogP contribution in [0.25, 0.3) is 0 Å². The summed E-state index contributed by atoms with van der Waals surface area (Å²) >= 11 is 0. The van der Waals surface area contributed by atoms with E-state index in [1.807, 2.05) is 0 Å². The molecule has 1 aromatic carbocycles. The Morgan fingerprint density at radius 3 is 2.19 bits per heavy atom. The van der Waals surface area contributed by atoms with E-state index in [0.717, 1.165) is 13.0 Å². The van der Waals surface area contributed by atoms with Crippen molar-refractivity contribution in [1.82, 2.24) is 0 Å². The largest absolute Gasteiger partial charge is 0.495 e. The molecule has 0 radical (unpaired) electrons. The summed E-state index contributed by atoms with van der Waals surface area (Å²) in [5, 5.41) is 0. The van der Waals surface area contributed by atoms with E-state index in [1.54, 1.807) is 0 Å². The van der Waals surface area contributed by atoms with Crippen LogP contribution in [0.4, 0.5) is 5.69 Å². The fraction of sp³-hybridized carbons (Fsp3) is 0.333. The molecule has 0 saturated heterocycles. The fourth-order valence-corrected chi connectivity index (χ4v) is 2.52. The van der Waals surface area contributed by atoms with E-state index in [-0.39, 0.29) is 17.2 Å². The van der Waals surface area contributed by atoms with Gasteiger partial charge in [0.25, 0.3) is 0 Å². The number of nitrogen functional groups attached to an aromatic ring is 1. The Bertz CT molecular complexity index is 666. The molecule has 8 nitrogen and oxygen atoms in total. The van der Waals surface area contributed by atoms with Gasteiger partial charge in [-0.15, -0.1) is 0 Å². The monoisotopic (exact) mass is 317 g/mol. The Morgan fingerprint density at radius 1 is 1.14 bits per heavy atom. The number of rotatable bonds is 6. The third kappa shape index (κ3) is 4.09. The molecular weight excluding hydrogens is 302 g/mol. The number of hydrogen-bond donors (Lipinski definition) is 1. The number of carbonyl (C=O) groups excluding carboxylic acids is 2. The molecule has 0 fully saturated rings. The van der Waals surface area contributed by atoms with E-state index in [4.69, 9.17) is 15.2 Å². The number of ether oxygens (including phenoxy) is 2. The lowest BCUT2D eigenvalue weighted by Crippen LogP contribution is -2.16. The van der Waals surface area contributed by atoms with Crippen molar-refractivity contribution in [1.29, 1.82) is 0 Å². The fourth-order valence-electron chi connectivity index (χ4n) is 1.49. The molecule has 0 spiro atoms. The van der Waals surface area contributed by atoms with Crippen molar-refractivity contribution in [3.05, 3.63) is 12.1 Å². The van der Waals surface area contributed by atoms with Gasteiger partial charge in [-0.2, -0.15) is 8.42 Å². The zero-order chi connectivity index (χ0) is 16.2. The Kier molecular flexibility index (Phi) is 5.14. The summed E-state index contributed by atoms with van der Waals surface area (Å²) in [5.74, 6) is -1.72. The molecule has 116 valence electrons. The lowest BCUT2D eigenvalue weighted by atomic mass is 10.3. The van der Waals surface area contributed by atoms with Gasteiger partial charge in [-0.25, -0.2) is 0 Å². The molecule has 1 rings (SSSR count). The molecule has 0 unspecified atom stereocenters. The third-order valence-corrected chi connectivity index (χ3v) is 3.64. The first-order chi connectivity index (χ1) is 9.71. The summed E-state index contributed by atoms with van der Waals surface area (Å²) in [5.41, 5.74) is 5.79. The molecule has 0 aromatic heterocycles. The molecule has 0 aliphatic carbocycles. The predicted molar refractivity (Wildman–Crippen MR) is 72.5 cm³/mol. The van der Waals surface area contributed by atoms with Crippen LogP contribution in [0.1, 0.15) is 13.3 Å². The molecule has 0 heterocycles. The SMILES string of the molecule is COc1cc(S(=O)(=O)OC(=O)CC(C)=O)c(OC)cc1N. The average Bonchev–Trinajstić information content (AvgIpc) is 2.36. The van der Waals surface area contributed by atoms with E-state index in [1.165, 1.54) is 20.3 Å². The first kappa shape index (κ1) is 16.8. The van der Waals surface area contributed by atoms with Gasteiger partial charge in [0, 0.05) is 12.1 Å². The smallest absolute Gasteiger partial charge is 0.345 e. The van der Waals surface area contributed by atoms with Crippen LogP contribution in [-0.2, 0) is 23.9 Å². The van der Waals surface area contributed by atoms with Crippen molar-refractivity contribution in [3.8, 4) is 11.5 Å². The van der Waals surface area contributed by atoms with Crippen LogP contribution in [0.15, 0.2) is 17.0 Å². The van der Waals surface area contributed by atoms with Crippen LogP contribution in [-0.4, -0.2) is 34.4 Å². The van der Waals surface area contributed by atoms with Gasteiger partial charge >= 0.3 is 16.1 Å². The van der Waals surface area contributed by atoms with E-state index in [2.05, 4.69) is 4.18 Å². The zero-order valence-electron chi connectivity index (χ0n) is 11.7. The molecule has 21 heavy (non-hydrogen) atoms. The normalized spacial score (nSPS) is 10.8. The van der Waals surface area contributed by atoms with Crippen LogP contribution in [0, 0.1) is 0 Å². The van der Waals surface area contributed by atoms with Crippen LogP contribution in [0.2, 0.25) is 0 Å². The van der Waals surface area contributed by atoms with Gasteiger partial charge < -0.3 is 19.4 Å². The topological polar surface area (TPSA) is 122 Å². The maximum Gasteiger partial charge on any atom is 0.345 e. The van der Waals surface area contributed by atoms with Gasteiger partial charge in [-0.1, -0.05) is 0 Å². The zero-order valence-corrected chi connectivity index (χ0v) is 12.5. The lowest BCUT2D eigenvalue weighted by molar-refractivity contribution is -0.136. The second kappa shape index (κ2) is 6.44. The summed E-state index contributed by atoms with van der Waals surface area (Å²) < 4.78 is 38.3. The van der Waals surface area contributed by atoms with Crippen LogP contribution in [0.5, 0.6) is 11.5 Å². The van der Waals surface area contributed by atoms with Gasteiger partial charge in [0.2, 0.25) is 0 Å². The van der Waals surface area contributed by atoms with Crippen molar-refractivity contribution in [2.24, 2.45) is 0 Å². The van der Waals surface area contributed by atoms with Crippen molar-refractivity contribution in [3.63, 3.8) is 0 Å². The number of carbonyl (C=O) groups is 2. The Morgan fingerprint density at radius 2 is 1.71 bits per heavy atom. The number of anilines is 1. The average molecular weight is 317 g/mol. The molecule has 9 heteroatoms. The number of hydrogen-bond acceptors (Lipinski definition) is 8. The van der Waals surface area contributed by atoms with Crippen molar-refractivity contribution < 1.29 is 31.7 Å². The van der Waals surface area contributed by atoms with Gasteiger partial charge in [-0.05, 0) is 6.92 Å². The van der Waals surface area contributed by atoms with Gasteiger partial charge in [-0.3, -0.25) is 9.59 Å². The quantitative estimate of drug-likeness (QED) is 0.457. The minimum Gasteiger partial charge on any atom is -0.495 e. The number of methoxy groups -OCH3 is 2. The molecule has 2 N–H and O–H groups in total. The standard InChI is InChI=1S/C12H15NO7S/c1-7(14)4-12(15)20-21(16,17)11-6-9(18-2)8(13)5-10(11)19-3/h5-6H,4,13H2,1-3H3. The molecule has 1 aromatic rings. The molecule has 0 aliphatic rings. The van der Waals surface area contributed by atoms with E-state index >= 15 is 0 Å². The maximum absolute atomic E-state index is 12.1. The highest BCUT2D eigenvalue weighted by Gasteiger charge is 2.26. The number of Topliss-reactive ketones (excluding diaryl/α,β-unsaturated/α-hetero) is 1. The molecule has 0 amide bonds. The van der Waals surface area contributed by atoms with Crippen LogP contribution in [0.3, 0.4) is 0 Å². The van der Waals surface area contributed by atoms with Crippen molar-refractivity contribution in [2.45, 2.75) is 18.2 Å². The summed E-state index contributed by atoms with van der Waals surface area (Å²) in [6, 6.07) is 2.30. The Hall–Kier alpha value is -2.29. The second-order valence-corrected chi connectivity index (χ2v) is 5.55. The molecule has 0 bridgehead atoms.